The third kappa shape index (κ3) is 5.43. The van der Waals surface area contributed by atoms with Crippen molar-refractivity contribution in [3.05, 3.63) is 47.2 Å². The number of halogens is 3. The van der Waals surface area contributed by atoms with E-state index < -0.39 is 32.8 Å². The lowest BCUT2D eigenvalue weighted by Crippen LogP contribution is -2.35. The maximum Gasteiger partial charge on any atom is 0.418 e. The lowest BCUT2D eigenvalue weighted by atomic mass is 9.93. The molecule has 0 atom stereocenters. The summed E-state index contributed by atoms with van der Waals surface area (Å²) >= 11 is 0. The Morgan fingerprint density at radius 2 is 1.62 bits per heavy atom. The summed E-state index contributed by atoms with van der Waals surface area (Å²) in [5, 5.41) is 7.76. The molecular weight excluding hydrogens is 409 g/mol. The summed E-state index contributed by atoms with van der Waals surface area (Å²) < 4.78 is 64.7. The molecule has 7 nitrogen and oxygen atoms in total. The average molecular weight is 430 g/mol. The SMILES string of the molecule is CC(C)c1cccc(C(C)C)c1NC(=O)NS(=O)(=O)c1cc(C(F)(F)F)cnn1. The molecule has 0 fully saturated rings. The summed E-state index contributed by atoms with van der Waals surface area (Å²) in [5.41, 5.74) is 0.756. The third-order valence-electron chi connectivity index (χ3n) is 4.07. The van der Waals surface area contributed by atoms with Gasteiger partial charge in [0.15, 0.2) is 5.03 Å². The minimum atomic E-state index is -4.80. The lowest BCUT2D eigenvalue weighted by molar-refractivity contribution is -0.138. The van der Waals surface area contributed by atoms with E-state index in [2.05, 4.69) is 15.5 Å². The molecule has 0 bridgehead atoms. The first-order valence-electron chi connectivity index (χ1n) is 8.69. The Kier molecular flexibility index (Phi) is 6.51. The Labute approximate surface area is 166 Å². The average Bonchev–Trinajstić information content (AvgIpc) is 2.60. The number of nitrogens with one attached hydrogen (secondary N) is 2. The van der Waals surface area contributed by atoms with Gasteiger partial charge in [-0.1, -0.05) is 45.9 Å². The van der Waals surface area contributed by atoms with Gasteiger partial charge in [-0.05, 0) is 29.0 Å². The number of benzene rings is 1. The van der Waals surface area contributed by atoms with Gasteiger partial charge in [0.1, 0.15) is 0 Å². The van der Waals surface area contributed by atoms with Crippen LogP contribution < -0.4 is 10.0 Å². The summed E-state index contributed by atoms with van der Waals surface area (Å²) in [4.78, 5) is 12.4. The molecule has 158 valence electrons. The van der Waals surface area contributed by atoms with Gasteiger partial charge < -0.3 is 5.32 Å². The highest BCUT2D eigenvalue weighted by atomic mass is 32.2. The summed E-state index contributed by atoms with van der Waals surface area (Å²) in [6.45, 7) is 7.66. The van der Waals surface area contributed by atoms with E-state index in [1.54, 1.807) is 16.9 Å². The normalized spacial score (nSPS) is 12.3. The standard InChI is InChI=1S/C18H21F3N4O3S/c1-10(2)13-6-5-7-14(11(3)4)16(13)23-17(26)25-29(27,28)15-8-12(9-22-24-15)18(19,20)21/h5-11H,1-4H3,(H2,23,25,26). The Morgan fingerprint density at radius 3 is 2.10 bits per heavy atom. The van der Waals surface area contributed by atoms with Crippen molar-refractivity contribution in [2.45, 2.75) is 50.7 Å². The zero-order chi connectivity index (χ0) is 22.0. The molecule has 0 radical (unpaired) electrons. The zero-order valence-corrected chi connectivity index (χ0v) is 17.0. The third-order valence-corrected chi connectivity index (χ3v) is 5.28. The van der Waals surface area contributed by atoms with Gasteiger partial charge in [0, 0.05) is 5.69 Å². The summed E-state index contributed by atoms with van der Waals surface area (Å²) in [6.07, 6.45) is -4.41. The van der Waals surface area contributed by atoms with Crippen molar-refractivity contribution in [2.24, 2.45) is 0 Å². The first-order chi connectivity index (χ1) is 13.3. The number of carbonyl (C=O) groups excluding carboxylic acids is 1. The molecular formula is C18H21F3N4O3S. The number of aromatic nitrogens is 2. The number of urea groups is 1. The molecule has 2 rings (SSSR count). The number of nitrogens with zero attached hydrogens (tertiary/aromatic N) is 2. The van der Waals surface area contributed by atoms with Crippen LogP contribution in [0, 0.1) is 0 Å². The van der Waals surface area contributed by atoms with Gasteiger partial charge in [-0.3, -0.25) is 0 Å². The molecule has 1 aromatic carbocycles. The van der Waals surface area contributed by atoms with Gasteiger partial charge >= 0.3 is 12.2 Å². The summed E-state index contributed by atoms with van der Waals surface area (Å²) in [6, 6.07) is 4.64. The number of para-hydroxylation sites is 1. The lowest BCUT2D eigenvalue weighted by Gasteiger charge is -2.20. The zero-order valence-electron chi connectivity index (χ0n) is 16.2. The predicted molar refractivity (Wildman–Crippen MR) is 101 cm³/mol. The predicted octanol–water partition coefficient (Wildman–Crippen LogP) is 4.25. The molecule has 2 aromatic rings. The van der Waals surface area contributed by atoms with Crippen LogP contribution in [-0.2, 0) is 16.2 Å². The van der Waals surface area contributed by atoms with Gasteiger partial charge in [-0.2, -0.15) is 26.7 Å². The maximum absolute atomic E-state index is 12.8. The van der Waals surface area contributed by atoms with Gasteiger partial charge in [-0.15, -0.1) is 5.10 Å². The molecule has 0 saturated heterocycles. The number of amides is 2. The molecule has 1 heterocycles. The number of sulfonamides is 1. The molecule has 0 aliphatic carbocycles. The molecule has 0 unspecified atom stereocenters. The van der Waals surface area contributed by atoms with E-state index in [1.807, 2.05) is 33.8 Å². The van der Waals surface area contributed by atoms with E-state index in [4.69, 9.17) is 0 Å². The number of hydrogen-bond acceptors (Lipinski definition) is 5. The van der Waals surface area contributed by atoms with Crippen molar-refractivity contribution in [1.82, 2.24) is 14.9 Å². The van der Waals surface area contributed by atoms with Crippen molar-refractivity contribution in [3.63, 3.8) is 0 Å². The fourth-order valence-corrected chi connectivity index (χ4v) is 3.48. The van der Waals surface area contributed by atoms with E-state index in [9.17, 15) is 26.4 Å². The molecule has 29 heavy (non-hydrogen) atoms. The quantitative estimate of drug-likeness (QED) is 0.738. The highest BCUT2D eigenvalue weighted by Gasteiger charge is 2.33. The van der Waals surface area contributed by atoms with Crippen molar-refractivity contribution >= 4 is 21.7 Å². The minimum Gasteiger partial charge on any atom is -0.307 e. The molecule has 0 aliphatic rings. The molecule has 2 amide bonds. The molecule has 1 aromatic heterocycles. The fraction of sp³-hybridized carbons (Fsp3) is 0.389. The molecule has 11 heteroatoms. The van der Waals surface area contributed by atoms with Crippen LogP contribution in [0.1, 0.15) is 56.2 Å². The number of anilines is 1. The monoisotopic (exact) mass is 430 g/mol. The first-order valence-corrected chi connectivity index (χ1v) is 10.2. The number of carbonyl (C=O) groups is 1. The Hall–Kier alpha value is -2.69. The molecule has 0 saturated carbocycles. The number of alkyl halides is 3. The Balaban J connectivity index is 2.32. The van der Waals surface area contributed by atoms with Gasteiger partial charge in [0.25, 0.3) is 10.0 Å². The van der Waals surface area contributed by atoms with Crippen LogP contribution in [0.15, 0.2) is 35.5 Å². The number of rotatable bonds is 5. The first kappa shape index (κ1) is 22.6. The van der Waals surface area contributed by atoms with Crippen molar-refractivity contribution in [1.29, 1.82) is 0 Å². The van der Waals surface area contributed by atoms with Gasteiger partial charge in [0.2, 0.25) is 0 Å². The van der Waals surface area contributed by atoms with Crippen LogP contribution in [0.3, 0.4) is 0 Å². The highest BCUT2D eigenvalue weighted by molar-refractivity contribution is 7.90. The largest absolute Gasteiger partial charge is 0.418 e. The van der Waals surface area contributed by atoms with Crippen LogP contribution in [0.25, 0.3) is 0 Å². The smallest absolute Gasteiger partial charge is 0.307 e. The van der Waals surface area contributed by atoms with E-state index >= 15 is 0 Å². The second kappa shape index (κ2) is 8.36. The maximum atomic E-state index is 12.8. The summed E-state index contributed by atoms with van der Waals surface area (Å²) in [5.74, 6) is 0.0740. The molecule has 0 aliphatic heterocycles. The van der Waals surface area contributed by atoms with E-state index in [-0.39, 0.29) is 11.8 Å². The Morgan fingerprint density at radius 1 is 1.07 bits per heavy atom. The van der Waals surface area contributed by atoms with Crippen LogP contribution in [0.4, 0.5) is 23.7 Å². The van der Waals surface area contributed by atoms with Crippen LogP contribution in [0.5, 0.6) is 0 Å². The summed E-state index contributed by atoms with van der Waals surface area (Å²) in [7, 11) is -4.66. The fourth-order valence-electron chi connectivity index (χ4n) is 2.64. The second-order valence-corrected chi connectivity index (χ2v) is 8.59. The molecule has 2 N–H and O–H groups in total. The van der Waals surface area contributed by atoms with Crippen LogP contribution in [-0.4, -0.2) is 24.6 Å². The van der Waals surface area contributed by atoms with E-state index in [0.29, 0.717) is 18.0 Å². The van der Waals surface area contributed by atoms with Gasteiger partial charge in [0.05, 0.1) is 11.8 Å². The van der Waals surface area contributed by atoms with Gasteiger partial charge in [-0.25, -0.2) is 9.52 Å². The minimum absolute atomic E-state index is 0.0370. The van der Waals surface area contributed by atoms with E-state index in [0.717, 1.165) is 11.1 Å². The van der Waals surface area contributed by atoms with Crippen molar-refractivity contribution < 1.29 is 26.4 Å². The second-order valence-electron chi connectivity index (χ2n) is 6.96. The van der Waals surface area contributed by atoms with Crippen molar-refractivity contribution in [2.75, 3.05) is 5.32 Å². The highest BCUT2D eigenvalue weighted by Crippen LogP contribution is 2.32. The van der Waals surface area contributed by atoms with E-state index in [1.165, 1.54) is 0 Å². The molecule has 0 spiro atoms. The number of hydrogen-bond donors (Lipinski definition) is 2. The Bertz CT molecular complexity index is 979. The topological polar surface area (TPSA) is 101 Å². The van der Waals surface area contributed by atoms with Crippen LogP contribution >= 0.6 is 0 Å². The van der Waals surface area contributed by atoms with Crippen LogP contribution in [0.2, 0.25) is 0 Å². The van der Waals surface area contributed by atoms with Crippen molar-refractivity contribution in [3.8, 4) is 0 Å².